The minimum absolute atomic E-state index is 0.161. The minimum atomic E-state index is 0.161. The summed E-state index contributed by atoms with van der Waals surface area (Å²) >= 11 is 0. The first kappa shape index (κ1) is 13.2. The van der Waals surface area contributed by atoms with Crippen molar-refractivity contribution in [3.63, 3.8) is 0 Å². The molecule has 1 atom stereocenters. The van der Waals surface area contributed by atoms with Crippen molar-refractivity contribution in [3.05, 3.63) is 30.1 Å². The normalized spacial score (nSPS) is 11.8. The standard InChI is InChI=1S/C13H16N4/c1-12(5-7-15)17(9-3-6-14)11-13-4-2-8-16-10-13/h2,4,8,10,12H,3,5,9,11H2,1H3. The molecule has 17 heavy (non-hydrogen) atoms. The van der Waals surface area contributed by atoms with Gasteiger partial charge in [0, 0.05) is 37.9 Å². The van der Waals surface area contributed by atoms with Gasteiger partial charge in [-0.3, -0.25) is 9.88 Å². The van der Waals surface area contributed by atoms with E-state index in [2.05, 4.69) is 22.0 Å². The van der Waals surface area contributed by atoms with Crippen LogP contribution in [0.1, 0.15) is 25.3 Å². The van der Waals surface area contributed by atoms with Crippen molar-refractivity contribution in [2.45, 2.75) is 32.4 Å². The van der Waals surface area contributed by atoms with Crippen LogP contribution < -0.4 is 0 Å². The number of hydrogen-bond acceptors (Lipinski definition) is 4. The highest BCUT2D eigenvalue weighted by Crippen LogP contribution is 2.10. The molecule has 1 unspecified atom stereocenters. The van der Waals surface area contributed by atoms with E-state index >= 15 is 0 Å². The van der Waals surface area contributed by atoms with Crippen LogP contribution >= 0.6 is 0 Å². The first-order chi connectivity index (χ1) is 8.27. The van der Waals surface area contributed by atoms with Gasteiger partial charge in [0.2, 0.25) is 0 Å². The molecule has 0 saturated heterocycles. The third kappa shape index (κ3) is 4.63. The fraction of sp³-hybridized carbons (Fsp3) is 0.462. The Morgan fingerprint density at radius 2 is 2.24 bits per heavy atom. The second-order valence-corrected chi connectivity index (χ2v) is 3.95. The van der Waals surface area contributed by atoms with Crippen molar-refractivity contribution in [1.82, 2.24) is 9.88 Å². The van der Waals surface area contributed by atoms with Gasteiger partial charge in [0.1, 0.15) is 0 Å². The molecule has 1 aromatic heterocycles. The molecule has 0 amide bonds. The van der Waals surface area contributed by atoms with Crippen LogP contribution in [0.3, 0.4) is 0 Å². The number of aromatic nitrogens is 1. The summed E-state index contributed by atoms with van der Waals surface area (Å²) in [4.78, 5) is 6.21. The van der Waals surface area contributed by atoms with E-state index in [9.17, 15) is 0 Å². The second kappa shape index (κ2) is 7.38. The van der Waals surface area contributed by atoms with Crippen LogP contribution in [-0.4, -0.2) is 22.5 Å². The molecule has 0 saturated carbocycles. The van der Waals surface area contributed by atoms with Crippen LogP contribution in [0.4, 0.5) is 0 Å². The van der Waals surface area contributed by atoms with Crippen LogP contribution in [0.5, 0.6) is 0 Å². The molecule has 0 fully saturated rings. The molecule has 4 nitrogen and oxygen atoms in total. The van der Waals surface area contributed by atoms with Gasteiger partial charge in [-0.15, -0.1) is 0 Å². The van der Waals surface area contributed by atoms with Crippen molar-refractivity contribution < 1.29 is 0 Å². The van der Waals surface area contributed by atoms with E-state index in [1.807, 2.05) is 25.3 Å². The summed E-state index contributed by atoms with van der Waals surface area (Å²) in [5, 5.41) is 17.4. The van der Waals surface area contributed by atoms with E-state index < -0.39 is 0 Å². The quantitative estimate of drug-likeness (QED) is 0.748. The fourth-order valence-corrected chi connectivity index (χ4v) is 1.64. The van der Waals surface area contributed by atoms with Gasteiger partial charge in [0.25, 0.3) is 0 Å². The van der Waals surface area contributed by atoms with E-state index in [1.54, 1.807) is 6.20 Å². The summed E-state index contributed by atoms with van der Waals surface area (Å²) in [6.45, 7) is 3.43. The highest BCUT2D eigenvalue weighted by atomic mass is 15.1. The third-order valence-corrected chi connectivity index (χ3v) is 2.63. The lowest BCUT2D eigenvalue weighted by atomic mass is 10.1. The molecule has 0 aromatic carbocycles. The van der Waals surface area contributed by atoms with Crippen LogP contribution in [0, 0.1) is 22.7 Å². The van der Waals surface area contributed by atoms with Gasteiger partial charge in [0.05, 0.1) is 18.6 Å². The molecule has 0 N–H and O–H groups in total. The Balaban J connectivity index is 2.64. The maximum absolute atomic E-state index is 8.72. The van der Waals surface area contributed by atoms with Gasteiger partial charge < -0.3 is 0 Å². The maximum atomic E-state index is 8.72. The number of rotatable bonds is 6. The molecule has 0 bridgehead atoms. The van der Waals surface area contributed by atoms with Crippen molar-refractivity contribution in [1.29, 1.82) is 10.5 Å². The minimum Gasteiger partial charge on any atom is -0.294 e. The van der Waals surface area contributed by atoms with E-state index in [0.29, 0.717) is 19.4 Å². The number of hydrogen-bond donors (Lipinski definition) is 0. The Labute approximate surface area is 102 Å². The van der Waals surface area contributed by atoms with Gasteiger partial charge in [0.15, 0.2) is 0 Å². The fourth-order valence-electron chi connectivity index (χ4n) is 1.64. The average Bonchev–Trinajstić information content (AvgIpc) is 2.36. The highest BCUT2D eigenvalue weighted by Gasteiger charge is 2.13. The van der Waals surface area contributed by atoms with Gasteiger partial charge >= 0.3 is 0 Å². The van der Waals surface area contributed by atoms with Crippen LogP contribution in [0.25, 0.3) is 0 Å². The summed E-state index contributed by atoms with van der Waals surface area (Å²) < 4.78 is 0. The van der Waals surface area contributed by atoms with Crippen molar-refractivity contribution in [2.75, 3.05) is 6.54 Å². The second-order valence-electron chi connectivity index (χ2n) is 3.95. The van der Waals surface area contributed by atoms with Gasteiger partial charge in [-0.05, 0) is 18.6 Å². The molecule has 1 aromatic rings. The first-order valence-electron chi connectivity index (χ1n) is 5.64. The largest absolute Gasteiger partial charge is 0.294 e. The van der Waals surface area contributed by atoms with E-state index in [4.69, 9.17) is 10.5 Å². The van der Waals surface area contributed by atoms with Gasteiger partial charge in [-0.1, -0.05) is 6.07 Å². The Morgan fingerprint density at radius 1 is 1.41 bits per heavy atom. The molecule has 0 aliphatic rings. The van der Waals surface area contributed by atoms with Crippen molar-refractivity contribution in [3.8, 4) is 12.1 Å². The summed E-state index contributed by atoms with van der Waals surface area (Å²) in [5.74, 6) is 0. The average molecular weight is 228 g/mol. The summed E-state index contributed by atoms with van der Waals surface area (Å²) in [5.41, 5.74) is 1.11. The van der Waals surface area contributed by atoms with Gasteiger partial charge in [-0.25, -0.2) is 0 Å². The van der Waals surface area contributed by atoms with E-state index in [0.717, 1.165) is 12.1 Å². The topological polar surface area (TPSA) is 63.7 Å². The lowest BCUT2D eigenvalue weighted by molar-refractivity contribution is 0.206. The summed E-state index contributed by atoms with van der Waals surface area (Å²) in [6, 6.07) is 8.37. The zero-order valence-corrected chi connectivity index (χ0v) is 10.0. The van der Waals surface area contributed by atoms with Crippen LogP contribution in [0.15, 0.2) is 24.5 Å². The molecular weight excluding hydrogens is 212 g/mol. The zero-order valence-electron chi connectivity index (χ0n) is 10.0. The Bertz CT molecular complexity index is 402. The highest BCUT2D eigenvalue weighted by molar-refractivity contribution is 5.08. The predicted molar refractivity (Wildman–Crippen MR) is 64.6 cm³/mol. The molecule has 0 spiro atoms. The molecule has 1 rings (SSSR count). The molecule has 0 aliphatic carbocycles. The molecule has 0 radical (unpaired) electrons. The first-order valence-corrected chi connectivity index (χ1v) is 5.64. The SMILES string of the molecule is CC(CC#N)N(CCC#N)Cc1cccnc1. The van der Waals surface area contributed by atoms with E-state index in [1.165, 1.54) is 0 Å². The molecular formula is C13H16N4. The Hall–Kier alpha value is -1.91. The van der Waals surface area contributed by atoms with Gasteiger partial charge in [-0.2, -0.15) is 10.5 Å². The molecule has 0 aliphatic heterocycles. The Kier molecular flexibility index (Phi) is 5.71. The van der Waals surface area contributed by atoms with Crippen LogP contribution in [-0.2, 0) is 6.54 Å². The molecule has 88 valence electrons. The number of pyridine rings is 1. The maximum Gasteiger partial charge on any atom is 0.0638 e. The van der Waals surface area contributed by atoms with Crippen molar-refractivity contribution >= 4 is 0 Å². The molecule has 4 heteroatoms. The third-order valence-electron chi connectivity index (χ3n) is 2.63. The lowest BCUT2D eigenvalue weighted by Gasteiger charge is -2.26. The molecule has 1 heterocycles. The predicted octanol–water partition coefficient (Wildman–Crippen LogP) is 2.10. The number of nitriles is 2. The zero-order chi connectivity index (χ0) is 12.5. The smallest absolute Gasteiger partial charge is 0.0638 e. The Morgan fingerprint density at radius 3 is 2.82 bits per heavy atom. The number of nitrogens with zero attached hydrogens (tertiary/aromatic N) is 4. The summed E-state index contributed by atoms with van der Waals surface area (Å²) in [6.07, 6.45) is 4.52. The van der Waals surface area contributed by atoms with Crippen molar-refractivity contribution in [2.24, 2.45) is 0 Å². The summed E-state index contributed by atoms with van der Waals surface area (Å²) in [7, 11) is 0. The monoisotopic (exact) mass is 228 g/mol. The lowest BCUT2D eigenvalue weighted by Crippen LogP contribution is -2.33. The van der Waals surface area contributed by atoms with E-state index in [-0.39, 0.29) is 6.04 Å². The van der Waals surface area contributed by atoms with Crippen LogP contribution in [0.2, 0.25) is 0 Å².